The van der Waals surface area contributed by atoms with Gasteiger partial charge in [-0.05, 0) is 54.0 Å². The molecule has 1 N–H and O–H groups in total. The molecule has 1 aliphatic rings. The summed E-state index contributed by atoms with van der Waals surface area (Å²) in [4.78, 5) is 17.0. The molecule has 3 aromatic carbocycles. The van der Waals surface area contributed by atoms with Gasteiger partial charge in [0.15, 0.2) is 0 Å². The van der Waals surface area contributed by atoms with Crippen molar-refractivity contribution in [2.75, 3.05) is 7.11 Å². The number of halogens is 3. The number of rotatable bonds is 5. The van der Waals surface area contributed by atoms with Gasteiger partial charge in [0, 0.05) is 22.7 Å². The first-order chi connectivity index (χ1) is 18.1. The zero-order valence-corrected chi connectivity index (χ0v) is 21.1. The van der Waals surface area contributed by atoms with Gasteiger partial charge in [0.25, 0.3) is 10.0 Å². The van der Waals surface area contributed by atoms with Crippen molar-refractivity contribution in [2.24, 2.45) is 0 Å². The first kappa shape index (κ1) is 25.7. The minimum absolute atomic E-state index is 0.00322. The molecule has 0 spiro atoms. The fraction of sp³-hybridized carbons (Fsp3) is 0.214. The van der Waals surface area contributed by atoms with Gasteiger partial charge in [-0.3, -0.25) is 9.78 Å². The number of hydrogen-bond acceptors (Lipinski definition) is 5. The zero-order chi connectivity index (χ0) is 27.1. The molecule has 0 saturated heterocycles. The highest BCUT2D eigenvalue weighted by molar-refractivity contribution is 7.90. The lowest BCUT2D eigenvalue weighted by atomic mass is 9.78. The van der Waals surface area contributed by atoms with E-state index in [2.05, 4.69) is 9.71 Å². The molecule has 0 radical (unpaired) electrons. The third-order valence-corrected chi connectivity index (χ3v) is 8.17. The molecule has 1 amide bonds. The number of sulfonamides is 1. The Bertz CT molecular complexity index is 1630. The summed E-state index contributed by atoms with van der Waals surface area (Å²) in [6.07, 6.45) is -1.90. The average molecular weight is 541 g/mol. The van der Waals surface area contributed by atoms with Crippen LogP contribution in [0, 0.1) is 0 Å². The van der Waals surface area contributed by atoms with E-state index >= 15 is 0 Å². The topological polar surface area (TPSA) is 85.4 Å². The SMILES string of the molecule is COc1ccc(-c2ccc(C(F)(F)F)nc2)c2c1C(C(=O)NS(=O)(=O)c1cccc3ccccc13)CCC2. The lowest BCUT2D eigenvalue weighted by Crippen LogP contribution is -2.36. The summed E-state index contributed by atoms with van der Waals surface area (Å²) < 4.78 is 73.4. The second-order valence-corrected chi connectivity index (χ2v) is 10.7. The molecule has 1 heterocycles. The van der Waals surface area contributed by atoms with Gasteiger partial charge in [-0.15, -0.1) is 0 Å². The number of carbonyl (C=O) groups excluding carboxylic acids is 1. The van der Waals surface area contributed by atoms with Crippen molar-refractivity contribution >= 4 is 26.7 Å². The predicted octanol–water partition coefficient (Wildman–Crippen LogP) is 5.85. The Kier molecular flexibility index (Phi) is 6.60. The summed E-state index contributed by atoms with van der Waals surface area (Å²) in [6.45, 7) is 0. The Morgan fingerprint density at radius 3 is 2.50 bits per heavy atom. The number of alkyl halides is 3. The van der Waals surface area contributed by atoms with Gasteiger partial charge in [-0.2, -0.15) is 13.2 Å². The second kappa shape index (κ2) is 9.75. The average Bonchev–Trinajstić information content (AvgIpc) is 2.91. The van der Waals surface area contributed by atoms with Gasteiger partial charge in [-0.1, -0.05) is 48.5 Å². The summed E-state index contributed by atoms with van der Waals surface area (Å²) in [5.74, 6) is -1.12. The van der Waals surface area contributed by atoms with Crippen molar-refractivity contribution in [1.82, 2.24) is 9.71 Å². The molecule has 1 unspecified atom stereocenters. The minimum Gasteiger partial charge on any atom is -0.496 e. The number of carbonyl (C=O) groups is 1. The van der Waals surface area contributed by atoms with Crippen LogP contribution >= 0.6 is 0 Å². The van der Waals surface area contributed by atoms with Gasteiger partial charge in [0.2, 0.25) is 5.91 Å². The number of nitrogens with zero attached hydrogens (tertiary/aromatic N) is 1. The molecule has 1 atom stereocenters. The lowest BCUT2D eigenvalue weighted by Gasteiger charge is -2.28. The van der Waals surface area contributed by atoms with Crippen LogP contribution in [-0.2, 0) is 27.4 Å². The van der Waals surface area contributed by atoms with E-state index in [4.69, 9.17) is 4.74 Å². The van der Waals surface area contributed by atoms with E-state index in [9.17, 15) is 26.4 Å². The highest BCUT2D eigenvalue weighted by Gasteiger charge is 2.35. The molecule has 6 nitrogen and oxygen atoms in total. The number of hydrogen-bond donors (Lipinski definition) is 1. The monoisotopic (exact) mass is 540 g/mol. The minimum atomic E-state index is -4.56. The zero-order valence-electron chi connectivity index (χ0n) is 20.2. The second-order valence-electron chi connectivity index (χ2n) is 9.03. The third kappa shape index (κ3) is 4.71. The molecule has 0 saturated carbocycles. The van der Waals surface area contributed by atoms with E-state index in [0.29, 0.717) is 47.1 Å². The number of fused-ring (bicyclic) bond motifs is 2. The van der Waals surface area contributed by atoms with Crippen LogP contribution in [0.15, 0.2) is 77.8 Å². The smallest absolute Gasteiger partial charge is 0.433 e. The molecular weight excluding hydrogens is 517 g/mol. The van der Waals surface area contributed by atoms with Crippen molar-refractivity contribution in [1.29, 1.82) is 0 Å². The Balaban J connectivity index is 1.52. The van der Waals surface area contributed by atoms with Gasteiger partial charge in [-0.25, -0.2) is 13.1 Å². The number of methoxy groups -OCH3 is 1. The van der Waals surface area contributed by atoms with E-state index in [-0.39, 0.29) is 4.90 Å². The van der Waals surface area contributed by atoms with Gasteiger partial charge < -0.3 is 4.74 Å². The highest BCUT2D eigenvalue weighted by Crippen LogP contribution is 2.43. The summed E-state index contributed by atoms with van der Waals surface area (Å²) in [6, 6.07) is 17.4. The molecule has 0 bridgehead atoms. The molecular formula is C28H23F3N2O4S. The quantitative estimate of drug-likeness (QED) is 0.343. The summed E-state index contributed by atoms with van der Waals surface area (Å²) in [5, 5.41) is 1.22. The maximum Gasteiger partial charge on any atom is 0.433 e. The maximum absolute atomic E-state index is 13.5. The molecule has 1 aromatic heterocycles. The van der Waals surface area contributed by atoms with Gasteiger partial charge in [0.05, 0.1) is 17.9 Å². The fourth-order valence-electron chi connectivity index (χ4n) is 5.04. The Hall–Kier alpha value is -3.92. The van der Waals surface area contributed by atoms with Gasteiger partial charge >= 0.3 is 6.18 Å². The Labute approximate surface area is 217 Å². The van der Waals surface area contributed by atoms with Crippen LogP contribution in [0.4, 0.5) is 13.2 Å². The van der Waals surface area contributed by atoms with E-state index in [1.165, 1.54) is 19.2 Å². The van der Waals surface area contributed by atoms with Gasteiger partial charge in [0.1, 0.15) is 11.4 Å². The largest absolute Gasteiger partial charge is 0.496 e. The fourth-order valence-corrected chi connectivity index (χ4v) is 6.29. The van der Waals surface area contributed by atoms with Crippen LogP contribution in [0.25, 0.3) is 21.9 Å². The summed E-state index contributed by atoms with van der Waals surface area (Å²) >= 11 is 0. The maximum atomic E-state index is 13.5. The standard InChI is InChI=1S/C28H23F3N2O4S/c1-37-23-14-13-19(18-12-15-25(32-16-18)28(29,30)31)21-9-5-10-22(26(21)23)27(34)33-38(35,36)24-11-4-7-17-6-2-3-8-20(17)24/h2-4,6-8,11-16,22H,5,9-10H2,1H3,(H,33,34). The number of benzene rings is 3. The van der Waals surface area contributed by atoms with E-state index < -0.39 is 33.7 Å². The van der Waals surface area contributed by atoms with Crippen molar-refractivity contribution in [3.63, 3.8) is 0 Å². The molecule has 5 rings (SSSR count). The number of pyridine rings is 1. The number of aromatic nitrogens is 1. The summed E-state index contributed by atoms with van der Waals surface area (Å²) in [5.41, 5.74) is 1.33. The van der Waals surface area contributed by atoms with Crippen LogP contribution in [0.1, 0.15) is 35.6 Å². The number of ether oxygens (including phenoxy) is 1. The first-order valence-electron chi connectivity index (χ1n) is 11.9. The van der Waals surface area contributed by atoms with Crippen molar-refractivity contribution in [3.8, 4) is 16.9 Å². The van der Waals surface area contributed by atoms with Crippen LogP contribution in [0.2, 0.25) is 0 Å². The first-order valence-corrected chi connectivity index (χ1v) is 13.4. The van der Waals surface area contributed by atoms with E-state index in [1.807, 2.05) is 0 Å². The normalized spacial score (nSPS) is 15.6. The Morgan fingerprint density at radius 2 is 1.79 bits per heavy atom. The van der Waals surface area contributed by atoms with E-state index in [0.717, 1.165) is 23.2 Å². The molecule has 10 heteroatoms. The molecule has 4 aromatic rings. The third-order valence-electron chi connectivity index (χ3n) is 6.76. The molecule has 1 aliphatic carbocycles. The summed E-state index contributed by atoms with van der Waals surface area (Å²) in [7, 11) is -2.75. The highest BCUT2D eigenvalue weighted by atomic mass is 32.2. The van der Waals surface area contributed by atoms with E-state index in [1.54, 1.807) is 48.5 Å². The predicted molar refractivity (Wildman–Crippen MR) is 136 cm³/mol. The van der Waals surface area contributed by atoms with Crippen LogP contribution in [-0.4, -0.2) is 26.4 Å². The number of nitrogens with one attached hydrogen (secondary N) is 1. The molecule has 38 heavy (non-hydrogen) atoms. The van der Waals surface area contributed by atoms with Crippen molar-refractivity contribution in [3.05, 3.63) is 89.7 Å². The van der Waals surface area contributed by atoms with Crippen LogP contribution < -0.4 is 9.46 Å². The lowest BCUT2D eigenvalue weighted by molar-refractivity contribution is -0.141. The number of amides is 1. The molecule has 0 aliphatic heterocycles. The van der Waals surface area contributed by atoms with Crippen molar-refractivity contribution < 1.29 is 31.1 Å². The Morgan fingerprint density at radius 1 is 1.03 bits per heavy atom. The van der Waals surface area contributed by atoms with Crippen LogP contribution in [0.5, 0.6) is 5.75 Å². The van der Waals surface area contributed by atoms with Crippen LogP contribution in [0.3, 0.4) is 0 Å². The van der Waals surface area contributed by atoms with Crippen molar-refractivity contribution in [2.45, 2.75) is 36.3 Å². The molecule has 196 valence electrons. The molecule has 0 fully saturated rings.